The molecule has 1 fully saturated rings. The highest BCUT2D eigenvalue weighted by Crippen LogP contribution is 2.36. The molecule has 1 aliphatic carbocycles. The van der Waals surface area contributed by atoms with Crippen LogP contribution in [0.2, 0.25) is 0 Å². The molecule has 7 heteroatoms. The number of hydrogen-bond donors (Lipinski definition) is 0. The molecule has 188 valence electrons. The molecule has 1 aliphatic heterocycles. The first-order valence-corrected chi connectivity index (χ1v) is 13.3. The fourth-order valence-electron chi connectivity index (χ4n) is 4.97. The van der Waals surface area contributed by atoms with Crippen LogP contribution >= 0.6 is 11.3 Å². The molecule has 0 spiro atoms. The molecular formula is C29H32N2O4S. The Morgan fingerprint density at radius 1 is 1.08 bits per heavy atom. The number of benzene rings is 2. The third kappa shape index (κ3) is 4.98. The van der Waals surface area contributed by atoms with Crippen LogP contribution in [0, 0.1) is 13.8 Å². The van der Waals surface area contributed by atoms with Crippen LogP contribution in [0.5, 0.6) is 11.5 Å². The maximum Gasteiger partial charge on any atom is 0.258 e. The van der Waals surface area contributed by atoms with Crippen LogP contribution in [0.15, 0.2) is 53.9 Å². The zero-order valence-corrected chi connectivity index (χ0v) is 21.8. The van der Waals surface area contributed by atoms with Crippen LogP contribution in [0.25, 0.3) is 0 Å². The molecule has 0 unspecified atom stereocenters. The summed E-state index contributed by atoms with van der Waals surface area (Å²) in [6.45, 7) is 5.16. The summed E-state index contributed by atoms with van der Waals surface area (Å²) in [7, 11) is 1.56. The van der Waals surface area contributed by atoms with Crippen molar-refractivity contribution in [3.05, 3.63) is 81.0 Å². The van der Waals surface area contributed by atoms with Crippen molar-refractivity contribution in [3.63, 3.8) is 0 Å². The Morgan fingerprint density at radius 3 is 2.64 bits per heavy atom. The summed E-state index contributed by atoms with van der Waals surface area (Å²) in [5.41, 5.74) is 3.91. The van der Waals surface area contributed by atoms with Gasteiger partial charge in [0.05, 0.1) is 18.7 Å². The van der Waals surface area contributed by atoms with Crippen molar-refractivity contribution in [1.29, 1.82) is 0 Å². The second kappa shape index (κ2) is 10.3. The first-order valence-electron chi connectivity index (χ1n) is 12.5. The largest absolute Gasteiger partial charge is 0.496 e. The van der Waals surface area contributed by atoms with Gasteiger partial charge in [0, 0.05) is 17.5 Å². The van der Waals surface area contributed by atoms with E-state index in [1.165, 1.54) is 10.4 Å². The standard InChI is InChI=1S/C29H32N2O4S/c1-19-8-11-25(20(2)16-19)35-18-24-22-13-15-36-27(22)12-14-30(24)28(32)17-31(21-9-10-21)29(33)23-6-4-5-7-26(23)34-3/h4-8,11,13,15-16,21,24H,9-10,12,14,17-18H2,1-3H3/t24-/m0/s1. The van der Waals surface area contributed by atoms with Crippen LogP contribution in [-0.2, 0) is 11.2 Å². The van der Waals surface area contributed by atoms with Crippen molar-refractivity contribution >= 4 is 23.2 Å². The molecule has 1 atom stereocenters. The number of amides is 2. The molecule has 2 amide bonds. The van der Waals surface area contributed by atoms with Gasteiger partial charge in [-0.25, -0.2) is 0 Å². The SMILES string of the molecule is COc1ccccc1C(=O)N(CC(=O)N1CCc2sccc2[C@@H]1COc1ccc(C)cc1C)C1CC1. The molecule has 6 nitrogen and oxygen atoms in total. The van der Waals surface area contributed by atoms with Crippen molar-refractivity contribution in [1.82, 2.24) is 9.80 Å². The maximum atomic E-state index is 13.7. The Hall–Kier alpha value is -3.32. The number of fused-ring (bicyclic) bond motifs is 1. The molecule has 0 N–H and O–H groups in total. The van der Waals surface area contributed by atoms with E-state index >= 15 is 0 Å². The number of methoxy groups -OCH3 is 1. The first-order chi connectivity index (χ1) is 17.5. The molecule has 5 rings (SSSR count). The number of ether oxygens (including phenoxy) is 2. The molecule has 0 radical (unpaired) electrons. The van der Waals surface area contributed by atoms with Crippen molar-refractivity contribution in [2.75, 3.05) is 26.8 Å². The Morgan fingerprint density at radius 2 is 1.89 bits per heavy atom. The molecule has 3 aromatic rings. The van der Waals surface area contributed by atoms with Gasteiger partial charge in [-0.3, -0.25) is 9.59 Å². The van der Waals surface area contributed by atoms with E-state index in [0.717, 1.165) is 36.1 Å². The maximum absolute atomic E-state index is 13.7. The van der Waals surface area contributed by atoms with Crippen molar-refractivity contribution in [3.8, 4) is 11.5 Å². The van der Waals surface area contributed by atoms with Gasteiger partial charge in [0.15, 0.2) is 0 Å². The van der Waals surface area contributed by atoms with Gasteiger partial charge < -0.3 is 19.3 Å². The van der Waals surface area contributed by atoms with E-state index in [1.807, 2.05) is 36.1 Å². The highest BCUT2D eigenvalue weighted by Gasteiger charge is 2.38. The second-order valence-electron chi connectivity index (χ2n) is 9.60. The van der Waals surface area contributed by atoms with E-state index in [9.17, 15) is 9.59 Å². The molecular weight excluding hydrogens is 472 g/mol. The monoisotopic (exact) mass is 504 g/mol. The lowest BCUT2D eigenvalue weighted by atomic mass is 10.00. The predicted octanol–water partition coefficient (Wildman–Crippen LogP) is 5.18. The van der Waals surface area contributed by atoms with E-state index in [0.29, 0.717) is 24.5 Å². The summed E-state index contributed by atoms with van der Waals surface area (Å²) >= 11 is 1.73. The average molecular weight is 505 g/mol. The average Bonchev–Trinajstić information content (AvgIpc) is 3.61. The number of carbonyl (C=O) groups is 2. The lowest BCUT2D eigenvalue weighted by Crippen LogP contribution is -2.48. The van der Waals surface area contributed by atoms with Gasteiger partial charge >= 0.3 is 0 Å². The molecule has 36 heavy (non-hydrogen) atoms. The minimum atomic E-state index is -0.185. The van der Waals surface area contributed by atoms with Crippen LogP contribution in [0.1, 0.15) is 50.8 Å². The highest BCUT2D eigenvalue weighted by molar-refractivity contribution is 7.10. The summed E-state index contributed by atoms with van der Waals surface area (Å²) < 4.78 is 11.7. The van der Waals surface area contributed by atoms with Crippen molar-refractivity contribution < 1.29 is 19.1 Å². The Labute approximate surface area is 216 Å². The number of rotatable bonds is 8. The van der Waals surface area contributed by atoms with Gasteiger partial charge in [-0.05, 0) is 73.9 Å². The fourth-order valence-corrected chi connectivity index (χ4v) is 5.90. The highest BCUT2D eigenvalue weighted by atomic mass is 32.1. The predicted molar refractivity (Wildman–Crippen MR) is 141 cm³/mol. The number of carbonyl (C=O) groups excluding carboxylic acids is 2. The van der Waals surface area contributed by atoms with Gasteiger partial charge in [0.2, 0.25) is 5.91 Å². The van der Waals surface area contributed by atoms with Gasteiger partial charge in [-0.2, -0.15) is 0 Å². The third-order valence-corrected chi connectivity index (χ3v) is 8.03. The molecule has 0 saturated heterocycles. The molecule has 2 aromatic carbocycles. The normalized spacial score (nSPS) is 16.9. The number of aryl methyl sites for hydroxylation is 2. The lowest BCUT2D eigenvalue weighted by molar-refractivity contribution is -0.135. The molecule has 0 bridgehead atoms. The zero-order valence-electron chi connectivity index (χ0n) is 21.0. The van der Waals surface area contributed by atoms with Crippen molar-refractivity contribution in [2.45, 2.75) is 45.2 Å². The quantitative estimate of drug-likeness (QED) is 0.424. The second-order valence-corrected chi connectivity index (χ2v) is 10.6. The van der Waals surface area contributed by atoms with Gasteiger partial charge in [-0.1, -0.05) is 29.8 Å². The zero-order chi connectivity index (χ0) is 25.2. The molecule has 2 heterocycles. The van der Waals surface area contributed by atoms with E-state index in [1.54, 1.807) is 35.5 Å². The van der Waals surface area contributed by atoms with Gasteiger partial charge in [-0.15, -0.1) is 11.3 Å². The van der Waals surface area contributed by atoms with Gasteiger partial charge in [0.1, 0.15) is 24.7 Å². The molecule has 1 aromatic heterocycles. The molecule has 1 saturated carbocycles. The minimum absolute atomic E-state index is 0.0452. The van der Waals surface area contributed by atoms with Gasteiger partial charge in [0.25, 0.3) is 5.91 Å². The summed E-state index contributed by atoms with van der Waals surface area (Å²) in [6, 6.07) is 15.4. The van der Waals surface area contributed by atoms with E-state index in [4.69, 9.17) is 9.47 Å². The summed E-state index contributed by atoms with van der Waals surface area (Å²) in [5.74, 6) is 1.17. The molecule has 2 aliphatic rings. The number of nitrogens with zero attached hydrogens (tertiary/aromatic N) is 2. The summed E-state index contributed by atoms with van der Waals surface area (Å²) in [4.78, 5) is 32.2. The minimum Gasteiger partial charge on any atom is -0.496 e. The number of hydrogen-bond acceptors (Lipinski definition) is 5. The Bertz CT molecular complexity index is 1270. The first kappa shape index (κ1) is 24.4. The number of thiophene rings is 1. The Balaban J connectivity index is 1.36. The fraction of sp³-hybridized carbons (Fsp3) is 0.379. The van der Waals surface area contributed by atoms with Crippen LogP contribution in [0.4, 0.5) is 0 Å². The Kier molecular flexibility index (Phi) is 7.01. The summed E-state index contributed by atoms with van der Waals surface area (Å²) in [5, 5.41) is 2.09. The van der Waals surface area contributed by atoms with Crippen LogP contribution in [0.3, 0.4) is 0 Å². The van der Waals surface area contributed by atoms with Crippen LogP contribution in [-0.4, -0.2) is 54.5 Å². The van der Waals surface area contributed by atoms with Crippen molar-refractivity contribution in [2.24, 2.45) is 0 Å². The number of para-hydroxylation sites is 1. The van der Waals surface area contributed by atoms with E-state index in [2.05, 4.69) is 24.4 Å². The smallest absolute Gasteiger partial charge is 0.258 e. The summed E-state index contributed by atoms with van der Waals surface area (Å²) in [6.07, 6.45) is 2.66. The van der Waals surface area contributed by atoms with E-state index < -0.39 is 0 Å². The topological polar surface area (TPSA) is 59.1 Å². The third-order valence-electron chi connectivity index (χ3n) is 7.03. The van der Waals surface area contributed by atoms with Crippen LogP contribution < -0.4 is 9.47 Å². The van der Waals surface area contributed by atoms with E-state index in [-0.39, 0.29) is 30.4 Å². The lowest BCUT2D eigenvalue weighted by Gasteiger charge is -2.37.